The molecule has 0 saturated carbocycles. The zero-order valence-corrected chi connectivity index (χ0v) is 17.5. The van der Waals surface area contributed by atoms with Crippen LogP contribution in [0.4, 0.5) is 17.1 Å². The summed E-state index contributed by atoms with van der Waals surface area (Å²) in [5.41, 5.74) is 4.88. The Hall–Kier alpha value is -2.71. The first-order valence-corrected chi connectivity index (χ1v) is 10.8. The number of nitro groups is 1. The Labute approximate surface area is 169 Å². The molecule has 8 heteroatoms. The summed E-state index contributed by atoms with van der Waals surface area (Å²) in [5.74, 6) is 0.388. The summed E-state index contributed by atoms with van der Waals surface area (Å²) in [4.78, 5) is 16.7. The van der Waals surface area contributed by atoms with Crippen LogP contribution in [0.15, 0.2) is 41.4 Å². The fraction of sp³-hybridized carbons (Fsp3) is 0.250. The van der Waals surface area contributed by atoms with Crippen molar-refractivity contribution in [1.29, 1.82) is 0 Å². The monoisotopic (exact) mass is 413 g/mol. The molecule has 1 N–H and O–H groups in total. The number of nitrogens with one attached hydrogen (secondary N) is 1. The highest BCUT2D eigenvalue weighted by molar-refractivity contribution is 7.68. The van der Waals surface area contributed by atoms with Gasteiger partial charge in [0, 0.05) is 22.9 Å². The Balaban J connectivity index is 1.95. The number of hydrogen-bond donors (Lipinski definition) is 1. The summed E-state index contributed by atoms with van der Waals surface area (Å²) in [6, 6.07) is 10.9. The van der Waals surface area contributed by atoms with Gasteiger partial charge in [-0.25, -0.2) is 4.99 Å². The number of ether oxygens (including phenoxy) is 1. The van der Waals surface area contributed by atoms with Crippen LogP contribution in [0, 0.1) is 17.0 Å². The number of hydrogen-bond acceptors (Lipinski definition) is 7. The van der Waals surface area contributed by atoms with Crippen molar-refractivity contribution >= 4 is 37.7 Å². The second-order valence-corrected chi connectivity index (χ2v) is 9.33. The highest BCUT2D eigenvalue weighted by Crippen LogP contribution is 2.45. The van der Waals surface area contributed by atoms with E-state index in [1.165, 1.54) is 29.7 Å². The first-order chi connectivity index (χ1) is 13.3. The molecule has 0 saturated heterocycles. The Morgan fingerprint density at radius 3 is 2.68 bits per heavy atom. The number of aryl methyl sites for hydroxylation is 1. The van der Waals surface area contributed by atoms with E-state index in [1.807, 2.05) is 0 Å². The van der Waals surface area contributed by atoms with Gasteiger partial charge in [0.05, 0.1) is 28.5 Å². The number of nitrogens with zero attached hydrogens (tertiary/aromatic N) is 2. The van der Waals surface area contributed by atoms with Crippen molar-refractivity contribution in [3.63, 3.8) is 0 Å². The van der Waals surface area contributed by atoms with Crippen LogP contribution in [-0.4, -0.2) is 12.0 Å². The molecule has 0 spiro atoms. The van der Waals surface area contributed by atoms with E-state index in [2.05, 4.69) is 44.3 Å². The average Bonchev–Trinajstić information content (AvgIpc) is 3.07. The van der Waals surface area contributed by atoms with E-state index in [0.717, 1.165) is 21.5 Å². The van der Waals surface area contributed by atoms with E-state index in [-0.39, 0.29) is 11.2 Å². The maximum atomic E-state index is 11.0. The van der Waals surface area contributed by atoms with E-state index < -0.39 is 4.92 Å². The van der Waals surface area contributed by atoms with Crippen molar-refractivity contribution < 1.29 is 9.66 Å². The maximum Gasteiger partial charge on any atom is 0.273 e. The molecule has 0 bridgehead atoms. The number of rotatable bonds is 3. The van der Waals surface area contributed by atoms with Crippen molar-refractivity contribution in [3.05, 3.63) is 61.6 Å². The lowest BCUT2D eigenvalue weighted by molar-refractivity contribution is -0.384. The average molecular weight is 414 g/mol. The minimum Gasteiger partial charge on any atom is -0.494 e. The van der Waals surface area contributed by atoms with Gasteiger partial charge in [0.25, 0.3) is 5.69 Å². The molecule has 144 valence electrons. The number of fused-ring (bicyclic) bond motifs is 3. The third-order valence-electron chi connectivity index (χ3n) is 4.70. The Morgan fingerprint density at radius 2 is 1.96 bits per heavy atom. The molecule has 0 amide bonds. The van der Waals surface area contributed by atoms with Gasteiger partial charge in [-0.2, -0.15) is 0 Å². The minimum absolute atomic E-state index is 0.0156. The molecule has 2 heterocycles. The summed E-state index contributed by atoms with van der Waals surface area (Å²) in [7, 11) is 4.81. The SMILES string of the molecule is COc1cc([N+](=O)[O-])ccc1N=c1ssc2c1-c1cc(C)ccc1NC2(C)C. The third kappa shape index (κ3) is 3.08. The van der Waals surface area contributed by atoms with Crippen molar-refractivity contribution in [2.75, 3.05) is 12.4 Å². The highest BCUT2D eigenvalue weighted by Gasteiger charge is 2.33. The lowest BCUT2D eigenvalue weighted by Crippen LogP contribution is -2.31. The van der Waals surface area contributed by atoms with Gasteiger partial charge >= 0.3 is 0 Å². The van der Waals surface area contributed by atoms with E-state index >= 15 is 0 Å². The highest BCUT2D eigenvalue weighted by atomic mass is 32.9. The zero-order chi connectivity index (χ0) is 20.1. The molecule has 2 aromatic carbocycles. The van der Waals surface area contributed by atoms with Gasteiger partial charge < -0.3 is 10.1 Å². The second-order valence-electron chi connectivity index (χ2n) is 7.20. The first-order valence-electron chi connectivity index (χ1n) is 8.70. The zero-order valence-electron chi connectivity index (χ0n) is 15.9. The molecule has 0 radical (unpaired) electrons. The van der Waals surface area contributed by atoms with E-state index in [9.17, 15) is 10.1 Å². The molecule has 0 atom stereocenters. The molecule has 0 aliphatic carbocycles. The van der Waals surface area contributed by atoms with E-state index in [4.69, 9.17) is 9.73 Å². The topological polar surface area (TPSA) is 76.8 Å². The molecule has 4 rings (SSSR count). The van der Waals surface area contributed by atoms with Crippen LogP contribution in [0.5, 0.6) is 5.75 Å². The fourth-order valence-corrected chi connectivity index (χ4v) is 6.27. The standard InChI is InChI=1S/C20H19N3O3S2/c1-11-5-7-14-13(9-11)17-18(20(2,3)22-14)27-28-19(17)21-15-8-6-12(23(24)25)10-16(15)26-4/h5-10,22H,1-4H3. The summed E-state index contributed by atoms with van der Waals surface area (Å²) in [6.07, 6.45) is 0. The van der Waals surface area contributed by atoms with Gasteiger partial charge in [-0.1, -0.05) is 32.3 Å². The first kappa shape index (κ1) is 18.6. The summed E-state index contributed by atoms with van der Waals surface area (Å²) in [5, 5.41) is 14.7. The normalized spacial score (nSPS) is 14.8. The summed E-state index contributed by atoms with van der Waals surface area (Å²) < 4.78 is 6.24. The molecule has 6 nitrogen and oxygen atoms in total. The molecule has 1 aromatic heterocycles. The van der Waals surface area contributed by atoms with Crippen molar-refractivity contribution in [1.82, 2.24) is 0 Å². The van der Waals surface area contributed by atoms with Crippen molar-refractivity contribution in [2.24, 2.45) is 4.99 Å². The second kappa shape index (κ2) is 6.72. The minimum atomic E-state index is -0.436. The largest absolute Gasteiger partial charge is 0.494 e. The van der Waals surface area contributed by atoms with Gasteiger partial charge in [-0.05, 0) is 39.0 Å². The molecule has 3 aromatic rings. The summed E-state index contributed by atoms with van der Waals surface area (Å²) >= 11 is 0. The smallest absolute Gasteiger partial charge is 0.273 e. The molecule has 1 aliphatic heterocycles. The number of non-ortho nitro benzene ring substituents is 1. The molecular formula is C20H19N3O3S2. The van der Waals surface area contributed by atoms with Crippen LogP contribution in [-0.2, 0) is 5.54 Å². The van der Waals surface area contributed by atoms with Crippen LogP contribution in [0.3, 0.4) is 0 Å². The van der Waals surface area contributed by atoms with Crippen LogP contribution in [0.25, 0.3) is 11.1 Å². The predicted molar refractivity (Wildman–Crippen MR) is 114 cm³/mol. The van der Waals surface area contributed by atoms with Gasteiger partial charge in [0.1, 0.15) is 10.4 Å². The molecule has 28 heavy (non-hydrogen) atoms. The van der Waals surface area contributed by atoms with Crippen LogP contribution in [0.1, 0.15) is 24.3 Å². The number of anilines is 1. The Morgan fingerprint density at radius 1 is 1.18 bits per heavy atom. The van der Waals surface area contributed by atoms with Gasteiger partial charge in [0.15, 0.2) is 5.75 Å². The molecule has 0 unspecified atom stereocenters. The van der Waals surface area contributed by atoms with Crippen molar-refractivity contribution in [3.8, 4) is 16.9 Å². The fourth-order valence-electron chi connectivity index (χ4n) is 3.34. The van der Waals surface area contributed by atoms with Gasteiger partial charge in [-0.3, -0.25) is 10.1 Å². The molecular weight excluding hydrogens is 394 g/mol. The quantitative estimate of drug-likeness (QED) is 0.345. The predicted octanol–water partition coefficient (Wildman–Crippen LogP) is 5.59. The maximum absolute atomic E-state index is 11.0. The third-order valence-corrected chi connectivity index (χ3v) is 7.34. The van der Waals surface area contributed by atoms with Crippen LogP contribution >= 0.6 is 20.7 Å². The van der Waals surface area contributed by atoms with Gasteiger partial charge in [-0.15, -0.1) is 0 Å². The van der Waals surface area contributed by atoms with E-state index in [0.29, 0.717) is 11.4 Å². The number of methoxy groups -OCH3 is 1. The molecule has 1 aliphatic rings. The van der Waals surface area contributed by atoms with Gasteiger partial charge in [0.2, 0.25) is 0 Å². The Kier molecular flexibility index (Phi) is 4.47. The lowest BCUT2D eigenvalue weighted by Gasteiger charge is -2.33. The van der Waals surface area contributed by atoms with E-state index in [1.54, 1.807) is 26.7 Å². The van der Waals surface area contributed by atoms with Crippen molar-refractivity contribution in [2.45, 2.75) is 26.3 Å². The lowest BCUT2D eigenvalue weighted by atomic mass is 9.89. The van der Waals surface area contributed by atoms with Crippen LogP contribution in [0.2, 0.25) is 0 Å². The van der Waals surface area contributed by atoms with Crippen LogP contribution < -0.4 is 14.7 Å². The summed E-state index contributed by atoms with van der Waals surface area (Å²) in [6.45, 7) is 6.40. The molecule has 0 fully saturated rings. The Bertz CT molecular complexity index is 1160. The number of benzene rings is 2. The number of nitro benzene ring substituents is 1.